The van der Waals surface area contributed by atoms with Crippen LogP contribution in [0.25, 0.3) is 10.2 Å². The normalized spacial score (nSPS) is 14.3. The number of anilines is 1. The summed E-state index contributed by atoms with van der Waals surface area (Å²) < 4.78 is 6.62. The summed E-state index contributed by atoms with van der Waals surface area (Å²) in [6.45, 7) is 15.7. The number of rotatable bonds is 7. The number of amides is 1. The lowest BCUT2D eigenvalue weighted by atomic mass is 9.97. The number of carbonyl (C=O) groups excluding carboxylic acids is 1. The molecule has 0 bridgehead atoms. The number of benzene rings is 2. The van der Waals surface area contributed by atoms with Gasteiger partial charge >= 0.3 is 0 Å². The average molecular weight is 502 g/mol. The van der Waals surface area contributed by atoms with E-state index in [0.717, 1.165) is 60.2 Å². The molecule has 0 aliphatic carbocycles. The highest BCUT2D eigenvalue weighted by molar-refractivity contribution is 7.22. The van der Waals surface area contributed by atoms with Crippen LogP contribution in [-0.4, -0.2) is 55.2 Å². The number of aryl methyl sites for hydroxylation is 5. The molecule has 1 aliphatic rings. The van der Waals surface area contributed by atoms with Gasteiger partial charge in [-0.3, -0.25) is 14.6 Å². The van der Waals surface area contributed by atoms with Gasteiger partial charge in [-0.15, -0.1) is 12.4 Å². The van der Waals surface area contributed by atoms with Crippen molar-refractivity contribution in [2.75, 3.05) is 44.3 Å². The molecular weight excluding hydrogens is 466 g/mol. The molecule has 2 aromatic carbocycles. The van der Waals surface area contributed by atoms with Crippen LogP contribution in [0.2, 0.25) is 0 Å². The molecule has 1 aromatic heterocycles. The first kappa shape index (κ1) is 26.6. The number of ether oxygens (including phenoxy) is 1. The summed E-state index contributed by atoms with van der Waals surface area (Å²) in [4.78, 5) is 23.0. The van der Waals surface area contributed by atoms with Crippen molar-refractivity contribution in [3.05, 3.63) is 57.6 Å². The predicted molar refractivity (Wildman–Crippen MR) is 145 cm³/mol. The van der Waals surface area contributed by atoms with Crippen LogP contribution in [-0.2, 0) is 16.0 Å². The van der Waals surface area contributed by atoms with Crippen LogP contribution in [0.4, 0.5) is 5.13 Å². The minimum atomic E-state index is 0. The molecule has 0 unspecified atom stereocenters. The number of hydrogen-bond acceptors (Lipinski definition) is 5. The van der Waals surface area contributed by atoms with E-state index in [1.807, 2.05) is 4.90 Å². The summed E-state index contributed by atoms with van der Waals surface area (Å²) in [5.74, 6) is 0.125. The smallest absolute Gasteiger partial charge is 0.233 e. The molecule has 1 aliphatic heterocycles. The lowest BCUT2D eigenvalue weighted by Crippen LogP contribution is -2.39. The fourth-order valence-corrected chi connectivity index (χ4v) is 6.00. The third kappa shape index (κ3) is 6.16. The van der Waals surface area contributed by atoms with Crippen molar-refractivity contribution in [3.63, 3.8) is 0 Å². The molecule has 0 spiro atoms. The first-order chi connectivity index (χ1) is 15.8. The van der Waals surface area contributed by atoms with E-state index in [1.54, 1.807) is 11.3 Å². The molecule has 3 aromatic rings. The van der Waals surface area contributed by atoms with Gasteiger partial charge in [-0.25, -0.2) is 4.98 Å². The van der Waals surface area contributed by atoms with Gasteiger partial charge in [0.25, 0.3) is 0 Å². The molecule has 184 valence electrons. The van der Waals surface area contributed by atoms with E-state index in [0.29, 0.717) is 13.0 Å². The van der Waals surface area contributed by atoms with Gasteiger partial charge in [0.15, 0.2) is 5.13 Å². The van der Waals surface area contributed by atoms with E-state index in [9.17, 15) is 4.79 Å². The van der Waals surface area contributed by atoms with Crippen LogP contribution < -0.4 is 4.90 Å². The molecule has 0 N–H and O–H groups in total. The van der Waals surface area contributed by atoms with Crippen molar-refractivity contribution in [2.45, 2.75) is 47.5 Å². The van der Waals surface area contributed by atoms with Crippen molar-refractivity contribution in [1.29, 1.82) is 0 Å². The predicted octanol–water partition coefficient (Wildman–Crippen LogP) is 5.56. The molecule has 4 rings (SSSR count). The maximum Gasteiger partial charge on any atom is 0.233 e. The Labute approximate surface area is 213 Å². The largest absolute Gasteiger partial charge is 0.379 e. The SMILES string of the molecule is Cc1cc(C)c(CC(=O)N(CCCN2CCOCC2)c2nc3c(C)cc(C)cc3s2)c(C)c1.Cl. The molecule has 0 saturated carbocycles. The van der Waals surface area contributed by atoms with E-state index in [1.165, 1.54) is 27.8 Å². The van der Waals surface area contributed by atoms with E-state index in [2.05, 4.69) is 63.8 Å². The molecule has 34 heavy (non-hydrogen) atoms. The molecule has 2 heterocycles. The van der Waals surface area contributed by atoms with Crippen LogP contribution in [0.1, 0.15) is 39.8 Å². The second-order valence-electron chi connectivity index (χ2n) is 9.33. The Morgan fingerprint density at radius 2 is 1.62 bits per heavy atom. The molecule has 1 amide bonds. The fourth-order valence-electron chi connectivity index (χ4n) is 4.81. The summed E-state index contributed by atoms with van der Waals surface area (Å²) in [5.41, 5.74) is 8.14. The Kier molecular flexibility index (Phi) is 9.10. The van der Waals surface area contributed by atoms with Crippen molar-refractivity contribution in [1.82, 2.24) is 9.88 Å². The van der Waals surface area contributed by atoms with Crippen LogP contribution in [0, 0.1) is 34.6 Å². The summed E-state index contributed by atoms with van der Waals surface area (Å²) in [5, 5.41) is 0.813. The van der Waals surface area contributed by atoms with Crippen molar-refractivity contribution in [2.24, 2.45) is 0 Å². The number of nitrogens with zero attached hydrogens (tertiary/aromatic N) is 3. The number of carbonyl (C=O) groups is 1. The lowest BCUT2D eigenvalue weighted by Gasteiger charge is -2.28. The van der Waals surface area contributed by atoms with Crippen molar-refractivity contribution in [3.8, 4) is 0 Å². The quantitative estimate of drug-likeness (QED) is 0.425. The van der Waals surface area contributed by atoms with E-state index >= 15 is 0 Å². The molecule has 1 fully saturated rings. The van der Waals surface area contributed by atoms with Crippen molar-refractivity contribution >= 4 is 45.0 Å². The van der Waals surface area contributed by atoms with Crippen LogP contribution >= 0.6 is 23.7 Å². The molecule has 1 saturated heterocycles. The zero-order valence-corrected chi connectivity index (χ0v) is 22.6. The van der Waals surface area contributed by atoms with Gasteiger partial charge in [-0.2, -0.15) is 0 Å². The van der Waals surface area contributed by atoms with E-state index in [4.69, 9.17) is 9.72 Å². The maximum atomic E-state index is 13.7. The number of aromatic nitrogens is 1. The molecule has 0 radical (unpaired) electrons. The highest BCUT2D eigenvalue weighted by Gasteiger charge is 2.22. The third-order valence-electron chi connectivity index (χ3n) is 6.48. The number of thiazole rings is 1. The topological polar surface area (TPSA) is 45.7 Å². The molecular formula is C27H36ClN3O2S. The Morgan fingerprint density at radius 1 is 1.00 bits per heavy atom. The number of morpholine rings is 1. The Morgan fingerprint density at radius 3 is 2.29 bits per heavy atom. The van der Waals surface area contributed by atoms with Crippen molar-refractivity contribution < 1.29 is 9.53 Å². The van der Waals surface area contributed by atoms with E-state index < -0.39 is 0 Å². The standard InChI is InChI=1S/C27H35N3O2S.ClH/c1-18-13-20(3)23(21(4)14-18)17-25(31)30(8-6-7-29-9-11-32-12-10-29)27-28-26-22(5)15-19(2)16-24(26)33-27;/h13-16H,6-12,17H2,1-5H3;1H. The first-order valence-corrected chi connectivity index (χ1v) is 12.7. The second-order valence-corrected chi connectivity index (χ2v) is 10.3. The number of halogens is 1. The minimum absolute atomic E-state index is 0. The van der Waals surface area contributed by atoms with Gasteiger partial charge in [0.1, 0.15) is 0 Å². The number of fused-ring (bicyclic) bond motifs is 1. The summed E-state index contributed by atoms with van der Waals surface area (Å²) in [6, 6.07) is 8.67. The average Bonchev–Trinajstić information content (AvgIpc) is 3.18. The summed E-state index contributed by atoms with van der Waals surface area (Å²) >= 11 is 1.63. The van der Waals surface area contributed by atoms with Gasteiger partial charge in [0, 0.05) is 26.2 Å². The van der Waals surface area contributed by atoms with Crippen LogP contribution in [0.5, 0.6) is 0 Å². The monoisotopic (exact) mass is 501 g/mol. The zero-order valence-electron chi connectivity index (χ0n) is 20.9. The molecule has 0 atom stereocenters. The number of hydrogen-bond donors (Lipinski definition) is 0. The molecule has 7 heteroatoms. The first-order valence-electron chi connectivity index (χ1n) is 11.9. The Hall–Kier alpha value is -1.99. The third-order valence-corrected chi connectivity index (χ3v) is 7.50. The van der Waals surface area contributed by atoms with Gasteiger partial charge in [0.2, 0.25) is 5.91 Å². The summed E-state index contributed by atoms with van der Waals surface area (Å²) in [7, 11) is 0. The molecule has 5 nitrogen and oxygen atoms in total. The van der Waals surface area contributed by atoms with Crippen LogP contribution in [0.3, 0.4) is 0 Å². The highest BCUT2D eigenvalue weighted by Crippen LogP contribution is 2.32. The van der Waals surface area contributed by atoms with Gasteiger partial charge < -0.3 is 4.74 Å². The van der Waals surface area contributed by atoms with Gasteiger partial charge in [-0.05, 0) is 74.9 Å². The Balaban J connectivity index is 0.00000324. The van der Waals surface area contributed by atoms with Crippen LogP contribution in [0.15, 0.2) is 24.3 Å². The highest BCUT2D eigenvalue weighted by atomic mass is 35.5. The zero-order chi connectivity index (χ0) is 23.5. The fraction of sp³-hybridized carbons (Fsp3) is 0.481. The summed E-state index contributed by atoms with van der Waals surface area (Å²) in [6.07, 6.45) is 1.33. The van der Waals surface area contributed by atoms with Gasteiger partial charge in [-0.1, -0.05) is 35.1 Å². The lowest BCUT2D eigenvalue weighted by molar-refractivity contribution is -0.118. The Bertz CT molecular complexity index is 1130. The maximum absolute atomic E-state index is 13.7. The van der Waals surface area contributed by atoms with Gasteiger partial charge in [0.05, 0.1) is 29.9 Å². The second kappa shape index (κ2) is 11.6. The minimum Gasteiger partial charge on any atom is -0.379 e. The van der Waals surface area contributed by atoms with E-state index in [-0.39, 0.29) is 18.3 Å².